The van der Waals surface area contributed by atoms with Gasteiger partial charge in [0.05, 0.1) is 6.61 Å². The van der Waals surface area contributed by atoms with Crippen molar-refractivity contribution in [2.45, 2.75) is 24.2 Å². The van der Waals surface area contributed by atoms with Crippen molar-refractivity contribution in [1.29, 1.82) is 0 Å². The maximum Gasteiger partial charge on any atom is 0.0719 e. The normalized spacial score (nSPS) is 15.2. The first-order valence-corrected chi connectivity index (χ1v) is 5.95. The van der Waals surface area contributed by atoms with Crippen molar-refractivity contribution in [3.63, 3.8) is 0 Å². The zero-order chi connectivity index (χ0) is 9.80. The molecule has 14 heavy (non-hydrogen) atoms. The van der Waals surface area contributed by atoms with E-state index in [1.165, 1.54) is 34.6 Å². The number of fused-ring (bicyclic) bond motifs is 1. The van der Waals surface area contributed by atoms with E-state index in [0.29, 0.717) is 6.61 Å². The highest BCUT2D eigenvalue weighted by atomic mass is 32.2. The van der Waals surface area contributed by atoms with Crippen LogP contribution >= 0.6 is 11.8 Å². The van der Waals surface area contributed by atoms with Crippen LogP contribution in [0.25, 0.3) is 0 Å². The third-order valence-electron chi connectivity index (χ3n) is 2.48. The molecule has 1 aromatic carbocycles. The molecule has 1 heterocycles. The van der Waals surface area contributed by atoms with E-state index in [-0.39, 0.29) is 0 Å². The van der Waals surface area contributed by atoms with Gasteiger partial charge in [0.2, 0.25) is 0 Å². The molecular formula is C11H15NOS. The van der Waals surface area contributed by atoms with Crippen LogP contribution in [0.1, 0.15) is 17.5 Å². The lowest BCUT2D eigenvalue weighted by molar-refractivity contribution is 0.141. The van der Waals surface area contributed by atoms with Gasteiger partial charge in [0.15, 0.2) is 0 Å². The summed E-state index contributed by atoms with van der Waals surface area (Å²) in [5.74, 6) is 6.27. The van der Waals surface area contributed by atoms with E-state index in [1.807, 2.05) is 11.8 Å². The van der Waals surface area contributed by atoms with Gasteiger partial charge in [0, 0.05) is 4.90 Å². The van der Waals surface area contributed by atoms with E-state index < -0.39 is 0 Å². The predicted octanol–water partition coefficient (Wildman–Crippen LogP) is 2.16. The van der Waals surface area contributed by atoms with E-state index in [2.05, 4.69) is 23.0 Å². The van der Waals surface area contributed by atoms with Crippen molar-refractivity contribution in [3.8, 4) is 0 Å². The van der Waals surface area contributed by atoms with Crippen LogP contribution in [-0.2, 0) is 17.7 Å². The molecule has 0 spiro atoms. The van der Waals surface area contributed by atoms with E-state index in [4.69, 9.17) is 5.90 Å². The lowest BCUT2D eigenvalue weighted by Crippen LogP contribution is -2.05. The Hall–Kier alpha value is -0.510. The quantitative estimate of drug-likeness (QED) is 0.775. The van der Waals surface area contributed by atoms with Crippen LogP contribution < -0.4 is 5.90 Å². The van der Waals surface area contributed by atoms with Crippen molar-refractivity contribution < 1.29 is 4.84 Å². The second-order valence-electron chi connectivity index (χ2n) is 3.51. The number of hydrogen-bond acceptors (Lipinski definition) is 3. The van der Waals surface area contributed by atoms with Crippen LogP contribution in [0, 0.1) is 0 Å². The first-order valence-electron chi connectivity index (χ1n) is 4.96. The molecule has 76 valence electrons. The molecule has 3 heteroatoms. The standard InChI is InChI=1S/C11H15NOS/c12-13-6-5-9-3-4-11-10(8-9)2-1-7-14-11/h3-4,8H,1-2,5-7,12H2. The van der Waals surface area contributed by atoms with Crippen molar-refractivity contribution in [2.24, 2.45) is 5.90 Å². The van der Waals surface area contributed by atoms with Crippen LogP contribution in [0.3, 0.4) is 0 Å². The average molecular weight is 209 g/mol. The van der Waals surface area contributed by atoms with Gasteiger partial charge >= 0.3 is 0 Å². The molecule has 0 saturated heterocycles. The Kier molecular flexibility index (Phi) is 3.45. The van der Waals surface area contributed by atoms with Crippen molar-refractivity contribution >= 4 is 11.8 Å². The molecular weight excluding hydrogens is 194 g/mol. The Bertz CT molecular complexity index is 314. The first-order chi connectivity index (χ1) is 6.90. The van der Waals surface area contributed by atoms with E-state index in [9.17, 15) is 0 Å². The largest absolute Gasteiger partial charge is 0.304 e. The number of nitrogens with two attached hydrogens (primary N) is 1. The van der Waals surface area contributed by atoms with Gasteiger partial charge in [-0.3, -0.25) is 0 Å². The predicted molar refractivity (Wildman–Crippen MR) is 59.3 cm³/mol. The van der Waals surface area contributed by atoms with Gasteiger partial charge in [-0.2, -0.15) is 0 Å². The molecule has 0 radical (unpaired) electrons. The number of rotatable bonds is 3. The van der Waals surface area contributed by atoms with E-state index >= 15 is 0 Å². The molecule has 0 bridgehead atoms. The fourth-order valence-corrected chi connectivity index (χ4v) is 2.77. The summed E-state index contributed by atoms with van der Waals surface area (Å²) < 4.78 is 0. The number of hydrogen-bond donors (Lipinski definition) is 1. The summed E-state index contributed by atoms with van der Waals surface area (Å²) in [5, 5.41) is 0. The topological polar surface area (TPSA) is 35.2 Å². The minimum Gasteiger partial charge on any atom is -0.304 e. The lowest BCUT2D eigenvalue weighted by atomic mass is 10.0. The van der Waals surface area contributed by atoms with Gasteiger partial charge in [-0.25, -0.2) is 5.90 Å². The summed E-state index contributed by atoms with van der Waals surface area (Å²) in [6.45, 7) is 0.603. The third kappa shape index (κ3) is 2.29. The Morgan fingerprint density at radius 1 is 1.43 bits per heavy atom. The fourth-order valence-electron chi connectivity index (χ4n) is 1.75. The summed E-state index contributed by atoms with van der Waals surface area (Å²) in [7, 11) is 0. The second-order valence-corrected chi connectivity index (χ2v) is 4.65. The average Bonchev–Trinajstić information content (AvgIpc) is 2.26. The highest BCUT2D eigenvalue weighted by Gasteiger charge is 2.09. The molecule has 2 N–H and O–H groups in total. The lowest BCUT2D eigenvalue weighted by Gasteiger charge is -2.15. The van der Waals surface area contributed by atoms with Crippen LogP contribution in [0.4, 0.5) is 0 Å². The highest BCUT2D eigenvalue weighted by Crippen LogP contribution is 2.30. The number of aryl methyl sites for hydroxylation is 1. The summed E-state index contributed by atoms with van der Waals surface area (Å²) in [6.07, 6.45) is 3.43. The van der Waals surface area contributed by atoms with Crippen molar-refractivity contribution in [1.82, 2.24) is 0 Å². The fraction of sp³-hybridized carbons (Fsp3) is 0.455. The molecule has 0 saturated carbocycles. The minimum absolute atomic E-state index is 0.603. The zero-order valence-corrected chi connectivity index (χ0v) is 8.98. The monoisotopic (exact) mass is 209 g/mol. The second kappa shape index (κ2) is 4.82. The van der Waals surface area contributed by atoms with Crippen LogP contribution in [0.2, 0.25) is 0 Å². The summed E-state index contributed by atoms with van der Waals surface area (Å²) in [5.41, 5.74) is 2.83. The summed E-state index contributed by atoms with van der Waals surface area (Å²) in [4.78, 5) is 6.04. The smallest absolute Gasteiger partial charge is 0.0719 e. The summed E-state index contributed by atoms with van der Waals surface area (Å²) in [6, 6.07) is 6.70. The van der Waals surface area contributed by atoms with Crippen LogP contribution in [0.5, 0.6) is 0 Å². The molecule has 0 amide bonds. The Balaban J connectivity index is 2.12. The Labute approximate surface area is 88.8 Å². The SMILES string of the molecule is NOCCc1ccc2c(c1)CCCS2. The van der Waals surface area contributed by atoms with Crippen molar-refractivity contribution in [3.05, 3.63) is 29.3 Å². The number of benzene rings is 1. The molecule has 1 aliphatic rings. The Morgan fingerprint density at radius 3 is 3.21 bits per heavy atom. The molecule has 0 fully saturated rings. The number of thioether (sulfide) groups is 1. The molecule has 2 nitrogen and oxygen atoms in total. The third-order valence-corrected chi connectivity index (χ3v) is 3.68. The Morgan fingerprint density at radius 2 is 2.36 bits per heavy atom. The minimum atomic E-state index is 0.603. The molecule has 2 rings (SSSR count). The van der Waals surface area contributed by atoms with Gasteiger partial charge in [-0.15, -0.1) is 11.8 Å². The van der Waals surface area contributed by atoms with E-state index in [1.54, 1.807) is 0 Å². The molecule has 1 aliphatic heterocycles. The van der Waals surface area contributed by atoms with Crippen LogP contribution in [0.15, 0.2) is 23.1 Å². The maximum absolute atomic E-state index is 5.01. The van der Waals surface area contributed by atoms with E-state index in [0.717, 1.165) is 6.42 Å². The molecule has 0 unspecified atom stereocenters. The first kappa shape index (κ1) is 10.0. The van der Waals surface area contributed by atoms with Crippen molar-refractivity contribution in [2.75, 3.05) is 12.4 Å². The van der Waals surface area contributed by atoms with Crippen LogP contribution in [-0.4, -0.2) is 12.4 Å². The maximum atomic E-state index is 5.01. The van der Waals surface area contributed by atoms with Gasteiger partial charge < -0.3 is 4.84 Å². The highest BCUT2D eigenvalue weighted by molar-refractivity contribution is 7.99. The molecule has 0 aromatic heterocycles. The van der Waals surface area contributed by atoms with Gasteiger partial charge in [-0.05, 0) is 42.2 Å². The zero-order valence-electron chi connectivity index (χ0n) is 8.16. The summed E-state index contributed by atoms with van der Waals surface area (Å²) >= 11 is 1.97. The molecule has 0 atom stereocenters. The molecule has 0 aliphatic carbocycles. The molecule has 1 aromatic rings. The van der Waals surface area contributed by atoms with Gasteiger partial charge in [-0.1, -0.05) is 12.1 Å². The van der Waals surface area contributed by atoms with Gasteiger partial charge in [0.1, 0.15) is 0 Å². The van der Waals surface area contributed by atoms with Gasteiger partial charge in [0.25, 0.3) is 0 Å².